The number of hydrogen-bond acceptors (Lipinski definition) is 2. The minimum atomic E-state index is -1.05. The van der Waals surface area contributed by atoms with Crippen LogP contribution in [-0.4, -0.2) is 27.6 Å². The van der Waals surface area contributed by atoms with Crippen LogP contribution in [0.1, 0.15) is 23.1 Å². The second-order valence-electron chi connectivity index (χ2n) is 3.45. The Morgan fingerprint density at radius 2 is 2.07 bits per heavy atom. The predicted molar refractivity (Wildman–Crippen MR) is 54.7 cm³/mol. The first-order valence-electron chi connectivity index (χ1n) is 4.59. The van der Waals surface area contributed by atoms with Gasteiger partial charge >= 0.3 is 5.97 Å². The molecular weight excluding hydrogens is 196 g/mol. The van der Waals surface area contributed by atoms with Gasteiger partial charge in [-0.2, -0.15) is 0 Å². The molecule has 0 bridgehead atoms. The Labute approximate surface area is 87.7 Å². The Morgan fingerprint density at radius 3 is 2.47 bits per heavy atom. The molecule has 1 rings (SSSR count). The fraction of sp³-hybridized carbons (Fsp3) is 0.400. The molecule has 1 aromatic rings. The Morgan fingerprint density at radius 1 is 1.47 bits per heavy atom. The maximum Gasteiger partial charge on any atom is 0.325 e. The molecule has 1 heterocycles. The van der Waals surface area contributed by atoms with Crippen LogP contribution in [-0.2, 0) is 11.8 Å². The van der Waals surface area contributed by atoms with E-state index in [-0.39, 0.29) is 5.91 Å². The first-order valence-corrected chi connectivity index (χ1v) is 4.59. The van der Waals surface area contributed by atoms with Crippen molar-refractivity contribution in [3.63, 3.8) is 0 Å². The van der Waals surface area contributed by atoms with E-state index in [0.717, 1.165) is 5.69 Å². The average molecular weight is 210 g/mol. The van der Waals surface area contributed by atoms with Gasteiger partial charge in [0, 0.05) is 12.7 Å². The molecule has 1 aromatic heterocycles. The molecule has 0 unspecified atom stereocenters. The molecule has 0 spiro atoms. The number of carbonyl (C=O) groups excluding carboxylic acids is 1. The summed E-state index contributed by atoms with van der Waals surface area (Å²) in [5.41, 5.74) is 1.41. The van der Waals surface area contributed by atoms with E-state index in [0.29, 0.717) is 5.69 Å². The Bertz CT molecular complexity index is 395. The summed E-state index contributed by atoms with van der Waals surface area (Å²) in [6.07, 6.45) is 0. The fourth-order valence-corrected chi connectivity index (χ4v) is 1.17. The summed E-state index contributed by atoms with van der Waals surface area (Å²) in [5, 5.41) is 11.0. The van der Waals surface area contributed by atoms with Gasteiger partial charge in [0.15, 0.2) is 0 Å². The van der Waals surface area contributed by atoms with Gasteiger partial charge in [-0.25, -0.2) is 0 Å². The van der Waals surface area contributed by atoms with Crippen molar-refractivity contribution in [3.05, 3.63) is 23.5 Å². The highest BCUT2D eigenvalue weighted by Crippen LogP contribution is 2.05. The third-order valence-electron chi connectivity index (χ3n) is 2.32. The minimum Gasteiger partial charge on any atom is -0.480 e. The van der Waals surface area contributed by atoms with Crippen molar-refractivity contribution in [3.8, 4) is 0 Å². The van der Waals surface area contributed by atoms with Gasteiger partial charge in [0.2, 0.25) is 0 Å². The zero-order valence-electron chi connectivity index (χ0n) is 8.94. The number of nitrogens with zero attached hydrogens (tertiary/aromatic N) is 1. The van der Waals surface area contributed by atoms with Crippen LogP contribution in [0.3, 0.4) is 0 Å². The van der Waals surface area contributed by atoms with Gasteiger partial charge in [-0.3, -0.25) is 9.59 Å². The molecule has 0 aliphatic rings. The van der Waals surface area contributed by atoms with E-state index in [1.807, 2.05) is 6.92 Å². The van der Waals surface area contributed by atoms with Crippen molar-refractivity contribution < 1.29 is 14.7 Å². The molecule has 2 N–H and O–H groups in total. The summed E-state index contributed by atoms with van der Waals surface area (Å²) in [7, 11) is 1.76. The van der Waals surface area contributed by atoms with E-state index in [1.54, 1.807) is 23.7 Å². The van der Waals surface area contributed by atoms with Gasteiger partial charge in [-0.05, 0) is 26.0 Å². The van der Waals surface area contributed by atoms with Gasteiger partial charge in [-0.1, -0.05) is 0 Å². The van der Waals surface area contributed by atoms with Crippen molar-refractivity contribution in [2.45, 2.75) is 19.9 Å². The summed E-state index contributed by atoms with van der Waals surface area (Å²) in [5.74, 6) is -1.42. The molecule has 15 heavy (non-hydrogen) atoms. The molecule has 0 saturated carbocycles. The van der Waals surface area contributed by atoms with E-state index < -0.39 is 12.0 Å². The number of aromatic nitrogens is 1. The van der Waals surface area contributed by atoms with Crippen LogP contribution in [0.5, 0.6) is 0 Å². The van der Waals surface area contributed by atoms with Crippen LogP contribution in [0.25, 0.3) is 0 Å². The summed E-state index contributed by atoms with van der Waals surface area (Å²) in [4.78, 5) is 22.1. The molecule has 1 atom stereocenters. The van der Waals surface area contributed by atoms with E-state index in [9.17, 15) is 9.59 Å². The molecule has 0 saturated heterocycles. The number of aliphatic carboxylic acids is 1. The monoisotopic (exact) mass is 210 g/mol. The van der Waals surface area contributed by atoms with Gasteiger partial charge < -0.3 is 15.0 Å². The van der Waals surface area contributed by atoms with Crippen molar-refractivity contribution in [1.29, 1.82) is 0 Å². The first-order chi connectivity index (χ1) is 6.93. The van der Waals surface area contributed by atoms with Crippen molar-refractivity contribution in [2.24, 2.45) is 7.05 Å². The van der Waals surface area contributed by atoms with E-state index in [1.165, 1.54) is 6.92 Å². The Kier molecular flexibility index (Phi) is 3.14. The van der Waals surface area contributed by atoms with Gasteiger partial charge in [0.25, 0.3) is 5.91 Å². The lowest BCUT2D eigenvalue weighted by Crippen LogP contribution is -2.39. The van der Waals surface area contributed by atoms with Crippen molar-refractivity contribution >= 4 is 11.9 Å². The lowest BCUT2D eigenvalue weighted by molar-refractivity contribution is -0.138. The standard InChI is InChI=1S/C10H14N2O3/c1-6-4-5-8(12(6)3)9(13)11-7(2)10(14)15/h4-5,7H,1-3H3,(H,11,13)(H,14,15)/t7-/m1/s1. The molecule has 0 aliphatic heterocycles. The zero-order valence-corrected chi connectivity index (χ0v) is 8.94. The average Bonchev–Trinajstić information content (AvgIpc) is 2.47. The number of rotatable bonds is 3. The highest BCUT2D eigenvalue weighted by atomic mass is 16.4. The third-order valence-corrected chi connectivity index (χ3v) is 2.32. The smallest absolute Gasteiger partial charge is 0.325 e. The molecule has 0 radical (unpaired) electrons. The number of carbonyl (C=O) groups is 2. The van der Waals surface area contributed by atoms with E-state index >= 15 is 0 Å². The summed E-state index contributed by atoms with van der Waals surface area (Å²) in [6.45, 7) is 3.30. The van der Waals surface area contributed by atoms with Crippen LogP contribution >= 0.6 is 0 Å². The van der Waals surface area contributed by atoms with E-state index in [4.69, 9.17) is 5.11 Å². The van der Waals surface area contributed by atoms with Gasteiger partial charge in [0.05, 0.1) is 0 Å². The third kappa shape index (κ3) is 2.37. The molecule has 0 aliphatic carbocycles. The molecule has 0 fully saturated rings. The number of hydrogen-bond donors (Lipinski definition) is 2. The SMILES string of the molecule is Cc1ccc(C(=O)N[C@H](C)C(=O)O)n1C. The normalized spacial score (nSPS) is 12.2. The Hall–Kier alpha value is -1.78. The lowest BCUT2D eigenvalue weighted by atomic mass is 10.3. The molecule has 1 amide bonds. The highest BCUT2D eigenvalue weighted by Gasteiger charge is 2.17. The van der Waals surface area contributed by atoms with Gasteiger partial charge in [0.1, 0.15) is 11.7 Å². The topological polar surface area (TPSA) is 71.3 Å². The van der Waals surface area contributed by atoms with Crippen molar-refractivity contribution in [2.75, 3.05) is 0 Å². The predicted octanol–water partition coefficient (Wildman–Crippen LogP) is 0.536. The van der Waals surface area contributed by atoms with Gasteiger partial charge in [-0.15, -0.1) is 0 Å². The second kappa shape index (κ2) is 4.16. The highest BCUT2D eigenvalue weighted by molar-refractivity contribution is 5.95. The zero-order chi connectivity index (χ0) is 11.6. The molecule has 0 aromatic carbocycles. The molecular formula is C10H14N2O3. The first kappa shape index (κ1) is 11.3. The largest absolute Gasteiger partial charge is 0.480 e. The molecule has 82 valence electrons. The number of nitrogens with one attached hydrogen (secondary N) is 1. The van der Waals surface area contributed by atoms with Crippen LogP contribution in [0.4, 0.5) is 0 Å². The quantitative estimate of drug-likeness (QED) is 0.764. The molecule has 5 heteroatoms. The number of carboxylic acid groups (broad SMARTS) is 1. The maximum absolute atomic E-state index is 11.6. The minimum absolute atomic E-state index is 0.375. The summed E-state index contributed by atoms with van der Waals surface area (Å²) in [6, 6.07) is 2.59. The van der Waals surface area contributed by atoms with Crippen molar-refractivity contribution in [1.82, 2.24) is 9.88 Å². The van der Waals surface area contributed by atoms with Crippen LogP contribution < -0.4 is 5.32 Å². The van der Waals surface area contributed by atoms with E-state index in [2.05, 4.69) is 5.32 Å². The number of carboxylic acids is 1. The second-order valence-corrected chi connectivity index (χ2v) is 3.45. The number of amides is 1. The van der Waals surface area contributed by atoms with Crippen LogP contribution in [0, 0.1) is 6.92 Å². The Balaban J connectivity index is 2.78. The summed E-state index contributed by atoms with van der Waals surface area (Å²) < 4.78 is 1.71. The number of aryl methyl sites for hydroxylation is 1. The van der Waals surface area contributed by atoms with Crippen LogP contribution in [0.2, 0.25) is 0 Å². The maximum atomic E-state index is 11.6. The lowest BCUT2D eigenvalue weighted by Gasteiger charge is -2.10. The summed E-state index contributed by atoms with van der Waals surface area (Å²) >= 11 is 0. The fourth-order valence-electron chi connectivity index (χ4n) is 1.17. The molecule has 5 nitrogen and oxygen atoms in total. The van der Waals surface area contributed by atoms with Crippen LogP contribution in [0.15, 0.2) is 12.1 Å².